The smallest absolute Gasteiger partial charge is 0.220 e. The van der Waals surface area contributed by atoms with E-state index in [0.29, 0.717) is 11.4 Å². The first-order valence-electron chi connectivity index (χ1n) is 8.57. The van der Waals surface area contributed by atoms with Crippen LogP contribution in [0, 0.1) is 5.92 Å². The molecule has 0 spiro atoms. The van der Waals surface area contributed by atoms with Gasteiger partial charge in [-0.2, -0.15) is 0 Å². The van der Waals surface area contributed by atoms with Crippen LogP contribution in [-0.4, -0.2) is 16.9 Å². The van der Waals surface area contributed by atoms with Gasteiger partial charge in [0, 0.05) is 6.42 Å². The summed E-state index contributed by atoms with van der Waals surface area (Å²) in [5.74, 6) is 0.319. The summed E-state index contributed by atoms with van der Waals surface area (Å²) in [7, 11) is 0. The zero-order valence-corrected chi connectivity index (χ0v) is 14.9. The SMILES string of the molecule is CCCCCCCCCCCC(=O)NC(C(N)=S)C(C)C. The van der Waals surface area contributed by atoms with Gasteiger partial charge in [0.2, 0.25) is 5.91 Å². The van der Waals surface area contributed by atoms with Crippen LogP contribution in [0.1, 0.15) is 85.0 Å². The fourth-order valence-electron chi connectivity index (χ4n) is 2.41. The number of carbonyl (C=O) groups is 1. The number of carbonyl (C=O) groups excluding carboxylic acids is 1. The Hall–Kier alpha value is -0.640. The summed E-state index contributed by atoms with van der Waals surface area (Å²) in [5.41, 5.74) is 5.65. The van der Waals surface area contributed by atoms with E-state index in [2.05, 4.69) is 12.2 Å². The van der Waals surface area contributed by atoms with E-state index in [-0.39, 0.29) is 17.9 Å². The van der Waals surface area contributed by atoms with Gasteiger partial charge in [0.1, 0.15) is 0 Å². The fraction of sp³-hybridized carbons (Fsp3) is 0.882. The van der Waals surface area contributed by atoms with Gasteiger partial charge in [-0.15, -0.1) is 0 Å². The molecule has 1 unspecified atom stereocenters. The molecule has 0 aliphatic carbocycles. The highest BCUT2D eigenvalue weighted by atomic mass is 32.1. The molecule has 4 heteroatoms. The predicted molar refractivity (Wildman–Crippen MR) is 95.4 cm³/mol. The number of thiocarbonyl (C=S) groups is 1. The molecule has 3 N–H and O–H groups in total. The number of nitrogens with two attached hydrogens (primary N) is 1. The van der Waals surface area contributed by atoms with Crippen LogP contribution in [-0.2, 0) is 4.79 Å². The van der Waals surface area contributed by atoms with Crippen LogP contribution in [0.3, 0.4) is 0 Å². The maximum atomic E-state index is 11.8. The molecule has 0 aromatic rings. The van der Waals surface area contributed by atoms with Crippen molar-refractivity contribution in [2.24, 2.45) is 11.7 Å². The lowest BCUT2D eigenvalue weighted by atomic mass is 10.0. The molecule has 0 saturated carbocycles. The van der Waals surface area contributed by atoms with Crippen molar-refractivity contribution in [3.63, 3.8) is 0 Å². The molecule has 0 radical (unpaired) electrons. The molecular formula is C17H34N2OS. The van der Waals surface area contributed by atoms with Gasteiger partial charge in [-0.25, -0.2) is 0 Å². The maximum absolute atomic E-state index is 11.8. The number of hydrogen-bond acceptors (Lipinski definition) is 2. The third kappa shape index (κ3) is 11.7. The maximum Gasteiger partial charge on any atom is 0.220 e. The Morgan fingerprint density at radius 2 is 1.48 bits per heavy atom. The van der Waals surface area contributed by atoms with Crippen molar-refractivity contribution in [2.75, 3.05) is 0 Å². The largest absolute Gasteiger partial charge is 0.392 e. The topological polar surface area (TPSA) is 55.1 Å². The molecule has 0 aromatic heterocycles. The number of rotatable bonds is 13. The Balaban J connectivity index is 3.55. The number of hydrogen-bond donors (Lipinski definition) is 2. The van der Waals surface area contributed by atoms with Crippen LogP contribution in [0.2, 0.25) is 0 Å². The van der Waals surface area contributed by atoms with Crippen molar-refractivity contribution in [1.29, 1.82) is 0 Å². The summed E-state index contributed by atoms with van der Waals surface area (Å²) in [6.07, 6.45) is 12.0. The highest BCUT2D eigenvalue weighted by molar-refractivity contribution is 7.80. The summed E-state index contributed by atoms with van der Waals surface area (Å²) in [6, 6.07) is -0.175. The van der Waals surface area contributed by atoms with Gasteiger partial charge in [0.25, 0.3) is 0 Å². The second-order valence-electron chi connectivity index (χ2n) is 6.27. The molecular weight excluding hydrogens is 280 g/mol. The average molecular weight is 315 g/mol. The summed E-state index contributed by atoms with van der Waals surface area (Å²) in [4.78, 5) is 12.2. The standard InChI is InChI=1S/C17H34N2OS/c1-4-5-6-7-8-9-10-11-12-13-15(20)19-16(14(2)3)17(18)21/h14,16H,4-13H2,1-3H3,(H2,18,21)(H,19,20). The first kappa shape index (κ1) is 20.4. The number of amides is 1. The lowest BCUT2D eigenvalue weighted by Gasteiger charge is -2.20. The zero-order chi connectivity index (χ0) is 16.1. The quantitative estimate of drug-likeness (QED) is 0.393. The average Bonchev–Trinajstić information content (AvgIpc) is 2.42. The van der Waals surface area contributed by atoms with E-state index in [1.807, 2.05) is 13.8 Å². The van der Waals surface area contributed by atoms with Gasteiger partial charge >= 0.3 is 0 Å². The van der Waals surface area contributed by atoms with Gasteiger partial charge in [0.15, 0.2) is 0 Å². The van der Waals surface area contributed by atoms with E-state index >= 15 is 0 Å². The zero-order valence-electron chi connectivity index (χ0n) is 14.1. The molecule has 1 atom stereocenters. The minimum absolute atomic E-state index is 0.0736. The van der Waals surface area contributed by atoms with Crippen LogP contribution in [0.5, 0.6) is 0 Å². The second kappa shape index (κ2) is 13.1. The minimum Gasteiger partial charge on any atom is -0.392 e. The molecule has 0 aliphatic heterocycles. The van der Waals surface area contributed by atoms with E-state index in [9.17, 15) is 4.79 Å². The van der Waals surface area contributed by atoms with E-state index in [0.717, 1.165) is 12.8 Å². The van der Waals surface area contributed by atoms with E-state index < -0.39 is 0 Å². The van der Waals surface area contributed by atoms with Crippen LogP contribution in [0.15, 0.2) is 0 Å². The monoisotopic (exact) mass is 314 g/mol. The first-order chi connectivity index (χ1) is 9.99. The lowest BCUT2D eigenvalue weighted by Crippen LogP contribution is -2.46. The van der Waals surface area contributed by atoms with Crippen molar-refractivity contribution < 1.29 is 4.79 Å². The summed E-state index contributed by atoms with van der Waals surface area (Å²) < 4.78 is 0. The third-order valence-corrected chi connectivity index (χ3v) is 4.05. The van der Waals surface area contributed by atoms with Crippen molar-refractivity contribution >= 4 is 23.1 Å². The molecule has 0 heterocycles. The first-order valence-corrected chi connectivity index (χ1v) is 8.98. The molecule has 0 aromatic carbocycles. The molecule has 0 fully saturated rings. The van der Waals surface area contributed by atoms with Gasteiger partial charge in [-0.1, -0.05) is 84.4 Å². The third-order valence-electron chi connectivity index (χ3n) is 3.80. The van der Waals surface area contributed by atoms with Crippen LogP contribution >= 0.6 is 12.2 Å². The van der Waals surface area contributed by atoms with Gasteiger partial charge < -0.3 is 11.1 Å². The highest BCUT2D eigenvalue weighted by Crippen LogP contribution is 2.10. The Kier molecular flexibility index (Phi) is 12.7. The molecule has 1 amide bonds. The van der Waals surface area contributed by atoms with Gasteiger partial charge in [-0.05, 0) is 12.3 Å². The Labute approximate surface area is 136 Å². The molecule has 3 nitrogen and oxygen atoms in total. The number of nitrogens with one attached hydrogen (secondary N) is 1. The van der Waals surface area contributed by atoms with Crippen molar-refractivity contribution in [3.8, 4) is 0 Å². The normalized spacial score (nSPS) is 12.4. The summed E-state index contributed by atoms with van der Waals surface area (Å²) in [6.45, 7) is 6.28. The van der Waals surface area contributed by atoms with Crippen LogP contribution < -0.4 is 11.1 Å². The highest BCUT2D eigenvalue weighted by Gasteiger charge is 2.18. The summed E-state index contributed by atoms with van der Waals surface area (Å²) >= 11 is 4.99. The molecule has 0 aliphatic rings. The van der Waals surface area contributed by atoms with E-state index in [1.54, 1.807) is 0 Å². The van der Waals surface area contributed by atoms with Crippen molar-refractivity contribution in [1.82, 2.24) is 5.32 Å². The Bertz CT molecular complexity index is 293. The van der Waals surface area contributed by atoms with E-state index in [1.165, 1.54) is 44.9 Å². The lowest BCUT2D eigenvalue weighted by molar-refractivity contribution is -0.121. The predicted octanol–water partition coefficient (Wildman–Crippen LogP) is 4.33. The molecule has 0 saturated heterocycles. The molecule has 0 rings (SSSR count). The number of unbranched alkanes of at least 4 members (excludes halogenated alkanes) is 8. The van der Waals surface area contributed by atoms with Gasteiger partial charge in [0.05, 0.1) is 11.0 Å². The van der Waals surface area contributed by atoms with Crippen LogP contribution in [0.25, 0.3) is 0 Å². The molecule has 124 valence electrons. The Morgan fingerprint density at radius 1 is 1.00 bits per heavy atom. The molecule has 0 bridgehead atoms. The minimum atomic E-state index is -0.175. The van der Waals surface area contributed by atoms with Crippen molar-refractivity contribution in [2.45, 2.75) is 91.0 Å². The Morgan fingerprint density at radius 3 is 1.90 bits per heavy atom. The van der Waals surface area contributed by atoms with Crippen LogP contribution in [0.4, 0.5) is 0 Å². The van der Waals surface area contributed by atoms with Gasteiger partial charge in [-0.3, -0.25) is 4.79 Å². The van der Waals surface area contributed by atoms with Crippen molar-refractivity contribution in [3.05, 3.63) is 0 Å². The molecule has 21 heavy (non-hydrogen) atoms. The fourth-order valence-corrected chi connectivity index (χ4v) is 2.74. The summed E-state index contributed by atoms with van der Waals surface area (Å²) in [5, 5.41) is 2.94. The van der Waals surface area contributed by atoms with E-state index in [4.69, 9.17) is 18.0 Å². The second-order valence-corrected chi connectivity index (χ2v) is 6.74.